The zero-order chi connectivity index (χ0) is 11.1. The van der Waals surface area contributed by atoms with Crippen LogP contribution >= 0.6 is 0 Å². The van der Waals surface area contributed by atoms with Crippen molar-refractivity contribution in [3.8, 4) is 0 Å². The fraction of sp³-hybridized carbons (Fsp3) is 0.455. The highest BCUT2D eigenvalue weighted by Gasteiger charge is 2.19. The van der Waals surface area contributed by atoms with Gasteiger partial charge in [-0.3, -0.25) is 9.89 Å². The van der Waals surface area contributed by atoms with E-state index in [4.69, 9.17) is 0 Å². The molecule has 84 valence electrons. The van der Waals surface area contributed by atoms with Gasteiger partial charge in [0, 0.05) is 30.3 Å². The first kappa shape index (κ1) is 9.59. The molecule has 16 heavy (non-hydrogen) atoms. The largest absolute Gasteiger partial charge is 0.316 e. The van der Waals surface area contributed by atoms with Gasteiger partial charge in [-0.1, -0.05) is 0 Å². The third-order valence-corrected chi connectivity index (χ3v) is 3.08. The lowest BCUT2D eigenvalue weighted by Gasteiger charge is -2.06. The minimum Gasteiger partial charge on any atom is -0.316 e. The van der Waals surface area contributed by atoms with Crippen molar-refractivity contribution in [3.63, 3.8) is 0 Å². The Morgan fingerprint density at radius 3 is 3.12 bits per heavy atom. The number of aryl methyl sites for hydroxylation is 1. The number of aromatic nitrogens is 3. The smallest absolute Gasteiger partial charge is 0.272 e. The molecule has 5 heteroatoms. The summed E-state index contributed by atoms with van der Waals surface area (Å²) < 4.78 is 1.49. The average Bonchev–Trinajstić information content (AvgIpc) is 2.84. The Morgan fingerprint density at radius 1 is 1.50 bits per heavy atom. The second-order valence-corrected chi connectivity index (χ2v) is 4.34. The molecule has 1 unspecified atom stereocenters. The Morgan fingerprint density at radius 2 is 2.38 bits per heavy atom. The molecule has 5 nitrogen and oxygen atoms in total. The van der Waals surface area contributed by atoms with Gasteiger partial charge in [0.25, 0.3) is 5.56 Å². The van der Waals surface area contributed by atoms with Crippen LogP contribution in [0.4, 0.5) is 0 Å². The van der Waals surface area contributed by atoms with Crippen molar-refractivity contribution in [1.82, 2.24) is 19.9 Å². The zero-order valence-electron chi connectivity index (χ0n) is 9.16. The van der Waals surface area contributed by atoms with Crippen molar-refractivity contribution in [2.45, 2.75) is 19.3 Å². The van der Waals surface area contributed by atoms with E-state index in [0.29, 0.717) is 11.6 Å². The standard InChI is InChI=1S/C11H14N4O/c1-7-4-10-13-9(8-2-3-12-6-8)5-11(16)15(10)14-7/h4-5,8,12,14H,2-3,6H2,1H3. The Balaban J connectivity index is 2.16. The van der Waals surface area contributed by atoms with Gasteiger partial charge in [0.15, 0.2) is 5.65 Å². The van der Waals surface area contributed by atoms with Gasteiger partial charge in [-0.2, -0.15) is 0 Å². The summed E-state index contributed by atoms with van der Waals surface area (Å²) >= 11 is 0. The number of aromatic amines is 1. The van der Waals surface area contributed by atoms with E-state index in [1.54, 1.807) is 6.07 Å². The Kier molecular flexibility index (Phi) is 2.07. The summed E-state index contributed by atoms with van der Waals surface area (Å²) in [5.41, 5.74) is 2.55. The minimum atomic E-state index is -0.0278. The van der Waals surface area contributed by atoms with E-state index in [2.05, 4.69) is 15.4 Å². The summed E-state index contributed by atoms with van der Waals surface area (Å²) in [4.78, 5) is 16.4. The van der Waals surface area contributed by atoms with Crippen molar-refractivity contribution in [2.75, 3.05) is 13.1 Å². The molecule has 2 aromatic rings. The number of fused-ring (bicyclic) bond motifs is 1. The number of nitrogens with zero attached hydrogens (tertiary/aromatic N) is 2. The van der Waals surface area contributed by atoms with Crippen LogP contribution in [-0.4, -0.2) is 27.7 Å². The topological polar surface area (TPSA) is 62.2 Å². The Hall–Kier alpha value is -1.62. The number of hydrogen-bond donors (Lipinski definition) is 2. The second-order valence-electron chi connectivity index (χ2n) is 4.34. The van der Waals surface area contributed by atoms with E-state index < -0.39 is 0 Å². The molecule has 0 radical (unpaired) electrons. The second kappa shape index (κ2) is 3.45. The molecular weight excluding hydrogens is 204 g/mol. The van der Waals surface area contributed by atoms with Crippen LogP contribution in [0.1, 0.15) is 23.7 Å². The maximum absolute atomic E-state index is 11.8. The fourth-order valence-electron chi connectivity index (χ4n) is 2.25. The van der Waals surface area contributed by atoms with Crippen LogP contribution in [-0.2, 0) is 0 Å². The zero-order valence-corrected chi connectivity index (χ0v) is 9.16. The van der Waals surface area contributed by atoms with E-state index in [9.17, 15) is 4.79 Å². The molecule has 1 fully saturated rings. The van der Waals surface area contributed by atoms with Gasteiger partial charge >= 0.3 is 0 Å². The summed E-state index contributed by atoms with van der Waals surface area (Å²) in [5, 5.41) is 6.26. The maximum Gasteiger partial charge on any atom is 0.272 e. The first-order chi connectivity index (χ1) is 7.74. The average molecular weight is 218 g/mol. The first-order valence-electron chi connectivity index (χ1n) is 5.54. The van der Waals surface area contributed by atoms with E-state index in [-0.39, 0.29) is 5.56 Å². The lowest BCUT2D eigenvalue weighted by molar-refractivity contribution is 0.725. The molecular formula is C11H14N4O. The monoisotopic (exact) mass is 218 g/mol. The van der Waals surface area contributed by atoms with E-state index >= 15 is 0 Å². The van der Waals surface area contributed by atoms with E-state index in [1.807, 2.05) is 13.0 Å². The predicted octanol–water partition coefficient (Wildman–Crippen LogP) is 0.408. The molecule has 0 amide bonds. The van der Waals surface area contributed by atoms with Gasteiger partial charge in [-0.05, 0) is 19.9 Å². The molecule has 3 rings (SSSR count). The quantitative estimate of drug-likeness (QED) is 0.728. The molecule has 1 saturated heterocycles. The van der Waals surface area contributed by atoms with Crippen molar-refractivity contribution >= 4 is 5.65 Å². The lowest BCUT2D eigenvalue weighted by atomic mass is 10.1. The molecule has 0 spiro atoms. The summed E-state index contributed by atoms with van der Waals surface area (Å²) in [7, 11) is 0. The van der Waals surface area contributed by atoms with Crippen molar-refractivity contribution < 1.29 is 0 Å². The molecule has 0 aliphatic carbocycles. The van der Waals surface area contributed by atoms with Gasteiger partial charge in [0.1, 0.15) is 0 Å². The van der Waals surface area contributed by atoms with Crippen LogP contribution in [0.15, 0.2) is 16.9 Å². The molecule has 0 bridgehead atoms. The van der Waals surface area contributed by atoms with Gasteiger partial charge in [0.2, 0.25) is 0 Å². The molecule has 0 aromatic carbocycles. The minimum absolute atomic E-state index is 0.0278. The fourth-order valence-corrected chi connectivity index (χ4v) is 2.25. The number of nitrogens with one attached hydrogen (secondary N) is 2. The molecule has 3 heterocycles. The first-order valence-corrected chi connectivity index (χ1v) is 5.54. The lowest BCUT2D eigenvalue weighted by Crippen LogP contribution is -2.18. The number of hydrogen-bond acceptors (Lipinski definition) is 3. The van der Waals surface area contributed by atoms with Crippen LogP contribution in [0.2, 0.25) is 0 Å². The number of H-pyrrole nitrogens is 1. The molecule has 0 saturated carbocycles. The summed E-state index contributed by atoms with van der Waals surface area (Å²) in [6.07, 6.45) is 1.06. The summed E-state index contributed by atoms with van der Waals surface area (Å²) in [6.45, 7) is 3.86. The van der Waals surface area contributed by atoms with Crippen molar-refractivity contribution in [1.29, 1.82) is 0 Å². The van der Waals surface area contributed by atoms with Gasteiger partial charge in [0.05, 0.1) is 5.69 Å². The van der Waals surface area contributed by atoms with E-state index in [1.165, 1.54) is 4.52 Å². The Bertz CT molecular complexity index is 577. The third-order valence-electron chi connectivity index (χ3n) is 3.08. The predicted molar refractivity (Wildman–Crippen MR) is 60.8 cm³/mol. The molecule has 1 atom stereocenters. The highest BCUT2D eigenvalue weighted by Crippen LogP contribution is 2.19. The normalized spacial score (nSPS) is 20.7. The number of rotatable bonds is 1. The maximum atomic E-state index is 11.8. The van der Waals surface area contributed by atoms with Gasteiger partial charge < -0.3 is 5.32 Å². The molecule has 2 aromatic heterocycles. The highest BCUT2D eigenvalue weighted by molar-refractivity contribution is 5.40. The van der Waals surface area contributed by atoms with Crippen LogP contribution in [0.3, 0.4) is 0 Å². The van der Waals surface area contributed by atoms with Crippen molar-refractivity contribution in [3.05, 3.63) is 33.9 Å². The highest BCUT2D eigenvalue weighted by atomic mass is 16.1. The summed E-state index contributed by atoms with van der Waals surface area (Å²) in [6, 6.07) is 3.54. The van der Waals surface area contributed by atoms with Gasteiger partial charge in [-0.15, -0.1) is 0 Å². The van der Waals surface area contributed by atoms with E-state index in [0.717, 1.165) is 30.9 Å². The Labute approximate surface area is 92.5 Å². The van der Waals surface area contributed by atoms with Gasteiger partial charge in [-0.25, -0.2) is 9.50 Å². The van der Waals surface area contributed by atoms with Crippen molar-refractivity contribution in [2.24, 2.45) is 0 Å². The molecule has 1 aliphatic heterocycles. The van der Waals surface area contributed by atoms with Crippen LogP contribution in [0.25, 0.3) is 5.65 Å². The third kappa shape index (κ3) is 1.44. The SMILES string of the molecule is Cc1cc2nc(C3CCNC3)cc(=O)n2[nH]1. The van der Waals surface area contributed by atoms with Crippen LogP contribution < -0.4 is 10.9 Å². The van der Waals surface area contributed by atoms with Crippen LogP contribution in [0, 0.1) is 6.92 Å². The summed E-state index contributed by atoms with van der Waals surface area (Å²) in [5.74, 6) is 0.382. The van der Waals surface area contributed by atoms with Crippen LogP contribution in [0.5, 0.6) is 0 Å². The molecule has 2 N–H and O–H groups in total. The molecule has 1 aliphatic rings.